The van der Waals surface area contributed by atoms with Gasteiger partial charge in [-0.15, -0.1) is 0 Å². The van der Waals surface area contributed by atoms with Gasteiger partial charge in [0.2, 0.25) is 0 Å². The van der Waals surface area contributed by atoms with Crippen LogP contribution in [0.5, 0.6) is 0 Å². The molecule has 0 saturated carbocycles. The molecule has 0 bridgehead atoms. The Morgan fingerprint density at radius 3 is 2.39 bits per heavy atom. The first kappa shape index (κ1) is 12.6. The van der Waals surface area contributed by atoms with E-state index in [1.807, 2.05) is 0 Å². The van der Waals surface area contributed by atoms with Crippen LogP contribution in [0.2, 0.25) is 0 Å². The van der Waals surface area contributed by atoms with E-state index in [-0.39, 0.29) is 12.2 Å². The Hall–Kier alpha value is -1.82. The van der Waals surface area contributed by atoms with E-state index in [1.54, 1.807) is 30.3 Å². The number of hydrogen-bond acceptors (Lipinski definition) is 2. The second kappa shape index (κ2) is 4.81. The molecule has 0 atom stereocenters. The van der Waals surface area contributed by atoms with Gasteiger partial charge in [0.15, 0.2) is 0 Å². The Morgan fingerprint density at radius 2 is 1.83 bits per heavy atom. The van der Waals surface area contributed by atoms with E-state index in [4.69, 9.17) is 5.11 Å². The molecular formula is C12H11F3N2O. The van der Waals surface area contributed by atoms with Crippen molar-refractivity contribution in [3.8, 4) is 0 Å². The van der Waals surface area contributed by atoms with E-state index in [0.717, 1.165) is 16.3 Å². The van der Waals surface area contributed by atoms with E-state index in [1.165, 1.54) is 0 Å². The van der Waals surface area contributed by atoms with Crippen LogP contribution in [-0.4, -0.2) is 14.9 Å². The summed E-state index contributed by atoms with van der Waals surface area (Å²) >= 11 is 0. The molecule has 6 heteroatoms. The minimum absolute atomic E-state index is 0.0123. The molecule has 0 amide bonds. The highest BCUT2D eigenvalue weighted by Gasteiger charge is 2.35. The Morgan fingerprint density at radius 1 is 1.17 bits per heavy atom. The highest BCUT2D eigenvalue weighted by Crippen LogP contribution is 2.30. The smallest absolute Gasteiger partial charge is 0.390 e. The van der Waals surface area contributed by atoms with Gasteiger partial charge in [-0.2, -0.15) is 18.3 Å². The molecule has 18 heavy (non-hydrogen) atoms. The lowest BCUT2D eigenvalue weighted by Crippen LogP contribution is -2.15. The van der Waals surface area contributed by atoms with Crippen LogP contribution >= 0.6 is 0 Å². The Bertz CT molecular complexity index is 520. The van der Waals surface area contributed by atoms with Crippen molar-refractivity contribution in [3.63, 3.8) is 0 Å². The van der Waals surface area contributed by atoms with Gasteiger partial charge in [0.25, 0.3) is 0 Å². The van der Waals surface area contributed by atoms with Crippen molar-refractivity contribution in [2.45, 2.75) is 19.3 Å². The van der Waals surface area contributed by atoms with Gasteiger partial charge < -0.3 is 5.11 Å². The van der Waals surface area contributed by atoms with Crippen LogP contribution in [0.25, 0.3) is 0 Å². The number of nitrogens with zero attached hydrogens (tertiary/aromatic N) is 2. The summed E-state index contributed by atoms with van der Waals surface area (Å²) in [4.78, 5) is 0. The summed E-state index contributed by atoms with van der Waals surface area (Å²) in [5.41, 5.74) is -0.121. The lowest BCUT2D eigenvalue weighted by atomic mass is 10.2. The molecule has 2 rings (SSSR count). The van der Waals surface area contributed by atoms with Crippen molar-refractivity contribution in [2.24, 2.45) is 0 Å². The number of aliphatic hydroxyl groups is 1. The number of aliphatic hydroxyl groups excluding tert-OH is 1. The molecule has 0 aliphatic carbocycles. The number of alkyl halides is 3. The molecule has 0 radical (unpaired) electrons. The molecule has 0 fully saturated rings. The monoisotopic (exact) mass is 256 g/mol. The predicted octanol–water partition coefficient (Wildman–Crippen LogP) is 2.44. The second-order valence-electron chi connectivity index (χ2n) is 3.82. The molecule has 3 nitrogen and oxygen atoms in total. The minimum Gasteiger partial charge on any atom is -0.390 e. The first-order chi connectivity index (χ1) is 8.50. The van der Waals surface area contributed by atoms with Gasteiger partial charge in [0.05, 0.1) is 18.8 Å². The van der Waals surface area contributed by atoms with Gasteiger partial charge in [-0.3, -0.25) is 4.68 Å². The predicted molar refractivity (Wildman–Crippen MR) is 58.7 cm³/mol. The van der Waals surface area contributed by atoms with Gasteiger partial charge in [-0.1, -0.05) is 30.3 Å². The molecule has 0 unspecified atom stereocenters. The fourth-order valence-corrected chi connectivity index (χ4v) is 1.65. The van der Waals surface area contributed by atoms with Crippen LogP contribution in [0.1, 0.15) is 17.0 Å². The van der Waals surface area contributed by atoms with Crippen molar-refractivity contribution in [3.05, 3.63) is 53.3 Å². The van der Waals surface area contributed by atoms with Gasteiger partial charge in [0, 0.05) is 0 Å². The molecule has 1 aromatic heterocycles. The van der Waals surface area contributed by atoms with E-state index >= 15 is 0 Å². The van der Waals surface area contributed by atoms with Crippen LogP contribution in [0.15, 0.2) is 36.4 Å². The quantitative estimate of drug-likeness (QED) is 0.916. The largest absolute Gasteiger partial charge is 0.433 e. The third-order valence-electron chi connectivity index (χ3n) is 2.46. The summed E-state index contributed by atoms with van der Waals surface area (Å²) in [6.45, 7) is -0.486. The molecule has 0 aliphatic rings. The van der Waals surface area contributed by atoms with E-state index < -0.39 is 18.5 Å². The zero-order chi connectivity index (χ0) is 13.2. The third kappa shape index (κ3) is 2.70. The first-order valence-corrected chi connectivity index (χ1v) is 5.29. The molecule has 96 valence electrons. The lowest BCUT2D eigenvalue weighted by molar-refractivity contribution is -0.144. The normalized spacial score (nSPS) is 11.8. The van der Waals surface area contributed by atoms with E-state index in [0.29, 0.717) is 0 Å². The van der Waals surface area contributed by atoms with Crippen molar-refractivity contribution in [1.29, 1.82) is 0 Å². The Labute approximate surface area is 101 Å². The number of hydrogen-bond donors (Lipinski definition) is 1. The van der Waals surface area contributed by atoms with Crippen molar-refractivity contribution in [1.82, 2.24) is 9.78 Å². The first-order valence-electron chi connectivity index (χ1n) is 5.29. The summed E-state index contributed by atoms with van der Waals surface area (Å²) < 4.78 is 39.1. The number of halogens is 3. The summed E-state index contributed by atoms with van der Waals surface area (Å²) in [7, 11) is 0. The topological polar surface area (TPSA) is 38.0 Å². The van der Waals surface area contributed by atoms with Gasteiger partial charge in [-0.25, -0.2) is 0 Å². The van der Waals surface area contributed by atoms with Crippen LogP contribution in [-0.2, 0) is 19.3 Å². The molecule has 0 aliphatic heterocycles. The molecular weight excluding hydrogens is 245 g/mol. The third-order valence-corrected chi connectivity index (χ3v) is 2.46. The Kier molecular flexibility index (Phi) is 3.38. The number of aromatic nitrogens is 2. The summed E-state index contributed by atoms with van der Waals surface area (Å²) in [5, 5.41) is 12.6. The van der Waals surface area contributed by atoms with Crippen LogP contribution < -0.4 is 0 Å². The lowest BCUT2D eigenvalue weighted by Gasteiger charge is -2.10. The van der Waals surface area contributed by atoms with Crippen molar-refractivity contribution < 1.29 is 18.3 Å². The number of benzene rings is 1. The van der Waals surface area contributed by atoms with Crippen LogP contribution in [0, 0.1) is 0 Å². The highest BCUT2D eigenvalue weighted by molar-refractivity contribution is 5.18. The molecule has 0 saturated heterocycles. The maximum absolute atomic E-state index is 12.8. The van der Waals surface area contributed by atoms with Gasteiger partial charge in [0.1, 0.15) is 5.69 Å². The average molecular weight is 256 g/mol. The highest BCUT2D eigenvalue weighted by atomic mass is 19.4. The van der Waals surface area contributed by atoms with Crippen molar-refractivity contribution >= 4 is 0 Å². The molecule has 1 aromatic carbocycles. The van der Waals surface area contributed by atoms with E-state index in [9.17, 15) is 13.2 Å². The number of rotatable bonds is 3. The van der Waals surface area contributed by atoms with Crippen molar-refractivity contribution in [2.75, 3.05) is 0 Å². The maximum Gasteiger partial charge on any atom is 0.433 e. The van der Waals surface area contributed by atoms with Crippen LogP contribution in [0.4, 0.5) is 13.2 Å². The summed E-state index contributed by atoms with van der Waals surface area (Å²) in [6, 6.07) is 9.60. The van der Waals surface area contributed by atoms with Gasteiger partial charge >= 0.3 is 6.18 Å². The van der Waals surface area contributed by atoms with Crippen LogP contribution in [0.3, 0.4) is 0 Å². The molecule has 2 aromatic rings. The zero-order valence-electron chi connectivity index (χ0n) is 9.35. The summed E-state index contributed by atoms with van der Waals surface area (Å²) in [6.07, 6.45) is -4.48. The zero-order valence-corrected chi connectivity index (χ0v) is 9.35. The fourth-order valence-electron chi connectivity index (χ4n) is 1.65. The minimum atomic E-state index is -4.48. The summed E-state index contributed by atoms with van der Waals surface area (Å²) in [5.74, 6) is 0. The molecule has 1 N–H and O–H groups in total. The molecule has 1 heterocycles. The SMILES string of the molecule is OCc1cc(C(F)(F)F)n(Cc2ccccc2)n1. The maximum atomic E-state index is 12.8. The average Bonchev–Trinajstić information content (AvgIpc) is 2.73. The Balaban J connectivity index is 2.35. The van der Waals surface area contributed by atoms with E-state index in [2.05, 4.69) is 5.10 Å². The van der Waals surface area contributed by atoms with Gasteiger partial charge in [-0.05, 0) is 11.6 Å². The standard InChI is InChI=1S/C12H11F3N2O/c13-12(14,15)11-6-10(8-18)16-17(11)7-9-4-2-1-3-5-9/h1-6,18H,7-8H2. The fraction of sp³-hybridized carbons (Fsp3) is 0.250. The second-order valence-corrected chi connectivity index (χ2v) is 3.82. The molecule has 0 spiro atoms.